The molecule has 1 N–H and O–H groups in total. The van der Waals surface area contributed by atoms with Crippen LogP contribution in [0.5, 0.6) is 46.0 Å². The summed E-state index contributed by atoms with van der Waals surface area (Å²) < 4.78 is 28.4. The number of unbranched alkanes of at least 4 members (excludes halogenated alkanes) is 2. The van der Waals surface area contributed by atoms with Gasteiger partial charge in [-0.1, -0.05) is 156 Å². The van der Waals surface area contributed by atoms with Crippen LogP contribution in [0.15, 0.2) is 188 Å². The number of rotatable bonds is 19. The maximum Gasteiger partial charge on any atom is 0.266 e. The topological polar surface area (TPSA) is 141 Å². The van der Waals surface area contributed by atoms with Gasteiger partial charge in [0.05, 0.1) is 27.9 Å². The van der Waals surface area contributed by atoms with Crippen LogP contribution in [0.3, 0.4) is 0 Å². The van der Waals surface area contributed by atoms with Crippen LogP contribution in [0.1, 0.15) is 131 Å². The van der Waals surface area contributed by atoms with Crippen molar-refractivity contribution in [2.45, 2.75) is 78.6 Å². The molecule has 12 heteroatoms. The molecule has 2 aliphatic rings. The maximum absolute atomic E-state index is 16.0. The summed E-state index contributed by atoms with van der Waals surface area (Å²) in [5.41, 5.74) is 3.58. The summed E-state index contributed by atoms with van der Waals surface area (Å²) in [6.07, 6.45) is 2.95. The minimum absolute atomic E-state index is 0.0141. The molecule has 0 fully saturated rings. The summed E-state index contributed by atoms with van der Waals surface area (Å²) in [5, 5.41) is 12.5. The molecule has 12 nitrogen and oxygen atoms in total. The lowest BCUT2D eigenvalue weighted by molar-refractivity contribution is -0.121. The second-order valence-corrected chi connectivity index (χ2v) is 24.4. The van der Waals surface area contributed by atoms with Gasteiger partial charge in [0.1, 0.15) is 46.0 Å². The van der Waals surface area contributed by atoms with Gasteiger partial charge >= 0.3 is 0 Å². The molecule has 2 heterocycles. The maximum atomic E-state index is 16.0. The van der Waals surface area contributed by atoms with Gasteiger partial charge in [-0.2, -0.15) is 0 Å². The van der Waals surface area contributed by atoms with Crippen molar-refractivity contribution >= 4 is 111 Å². The molecule has 0 bridgehead atoms. The third kappa shape index (κ3) is 9.29. The van der Waals surface area contributed by atoms with Gasteiger partial charge in [-0.25, -0.2) is 4.90 Å². The predicted molar refractivity (Wildman–Crippen MR) is 360 cm³/mol. The molecule has 0 aliphatic carbocycles. The number of benzene rings is 13. The first-order valence-corrected chi connectivity index (χ1v) is 31.4. The van der Waals surface area contributed by atoms with Gasteiger partial charge < -0.3 is 24.3 Å². The summed E-state index contributed by atoms with van der Waals surface area (Å²) in [5.74, 6) is 1.81. The third-order valence-corrected chi connectivity index (χ3v) is 18.0. The number of hydrogen-bond acceptors (Lipinski definition) is 9. The summed E-state index contributed by atoms with van der Waals surface area (Å²) in [6, 6.07) is 59.3. The zero-order chi connectivity index (χ0) is 62.3. The van der Waals surface area contributed by atoms with E-state index in [2.05, 4.69) is 57.3 Å². The Bertz CT molecular complexity index is 4840. The molecular formula is C79H63N3O9. The number of para-hydroxylation sites is 5. The Balaban J connectivity index is 1.05. The van der Waals surface area contributed by atoms with E-state index >= 15 is 19.2 Å². The summed E-state index contributed by atoms with van der Waals surface area (Å²) in [7, 11) is 0. The van der Waals surface area contributed by atoms with Crippen molar-refractivity contribution in [3.63, 3.8) is 0 Å². The van der Waals surface area contributed by atoms with Gasteiger partial charge in [0, 0.05) is 62.6 Å². The fourth-order valence-electron chi connectivity index (χ4n) is 14.0. The third-order valence-electron chi connectivity index (χ3n) is 18.0. The number of hydrogen-bond donors (Lipinski definition) is 1. The van der Waals surface area contributed by atoms with E-state index < -0.39 is 23.6 Å². The van der Waals surface area contributed by atoms with E-state index in [-0.39, 0.29) is 24.3 Å². The van der Waals surface area contributed by atoms with E-state index in [9.17, 15) is 4.79 Å². The standard InChI is InChI=1S/C79H63N3O9/c1-6-38-80-64(83)33-20-11-21-39-81-76(84)56-40-60(88-46-23-12-7-13-24-46)69-52-34-36-54-66-55(37-35-53(65(52)66)70-61(89-47-25-14-8-15-26-47)41-57(77(81)85)67(56)73(69)70)72-63(91-49-29-18-10-19-30-49)43-59-68-58(42-62(71(54)74(68)72)90-48-27-16-9-17-28-48)78(86)82(79(59)87)75-50(44(2)3)31-22-32-51(75)45(4)5/h7-10,12-19,22-32,34-37,40-45H,6,11,20-21,33,38-39H2,1-5H3,(H,80,83). The Kier molecular flexibility index (Phi) is 14.1. The highest BCUT2D eigenvalue weighted by molar-refractivity contribution is 6.48. The van der Waals surface area contributed by atoms with Crippen LogP contribution in [0.25, 0.3) is 75.4 Å². The van der Waals surface area contributed by atoms with Crippen LogP contribution in [0.4, 0.5) is 5.69 Å². The molecular weight excluding hydrogens is 1130 g/mol. The molecule has 0 atom stereocenters. The van der Waals surface area contributed by atoms with Crippen molar-refractivity contribution in [1.29, 1.82) is 0 Å². The van der Waals surface area contributed by atoms with E-state index in [1.165, 1.54) is 9.80 Å². The number of imide groups is 2. The van der Waals surface area contributed by atoms with Crippen molar-refractivity contribution in [1.82, 2.24) is 10.2 Å². The fraction of sp³-hybridized carbons (Fsp3) is 0.177. The van der Waals surface area contributed by atoms with Crippen molar-refractivity contribution in [2.75, 3.05) is 18.0 Å². The van der Waals surface area contributed by atoms with Crippen LogP contribution in [0, 0.1) is 0 Å². The zero-order valence-electron chi connectivity index (χ0n) is 51.1. The van der Waals surface area contributed by atoms with Crippen molar-refractivity contribution in [2.24, 2.45) is 0 Å². The Morgan fingerprint density at radius 1 is 0.396 bits per heavy atom. The molecule has 448 valence electrons. The lowest BCUT2D eigenvalue weighted by Gasteiger charge is -2.33. The number of carbonyl (C=O) groups is 5. The first-order chi connectivity index (χ1) is 44.4. The Labute approximate surface area is 525 Å². The fourth-order valence-corrected chi connectivity index (χ4v) is 14.0. The summed E-state index contributed by atoms with van der Waals surface area (Å²) >= 11 is 0. The normalized spacial score (nSPS) is 13.3. The van der Waals surface area contributed by atoms with E-state index in [0.29, 0.717) is 149 Å². The Hall–Kier alpha value is -10.9. The smallest absolute Gasteiger partial charge is 0.266 e. The molecule has 2 aliphatic heterocycles. The highest BCUT2D eigenvalue weighted by Crippen LogP contribution is 2.58. The van der Waals surface area contributed by atoms with Gasteiger partial charge in [0.25, 0.3) is 23.6 Å². The molecule has 0 aromatic heterocycles. The average molecular weight is 1200 g/mol. The number of ether oxygens (including phenoxy) is 4. The van der Waals surface area contributed by atoms with E-state index in [1.54, 1.807) is 12.1 Å². The average Bonchev–Trinajstić information content (AvgIpc) is 0.676. The number of nitrogens with zero attached hydrogens (tertiary/aromatic N) is 2. The quantitative estimate of drug-likeness (QED) is 0.0362. The minimum atomic E-state index is -0.465. The zero-order valence-corrected chi connectivity index (χ0v) is 51.1. The minimum Gasteiger partial charge on any atom is -0.457 e. The molecule has 15 rings (SSSR count). The van der Waals surface area contributed by atoms with E-state index in [1.807, 2.05) is 159 Å². The molecule has 0 saturated carbocycles. The van der Waals surface area contributed by atoms with Gasteiger partial charge in [-0.15, -0.1) is 0 Å². The molecule has 5 amide bonds. The lowest BCUT2D eigenvalue weighted by atomic mass is 9.79. The second kappa shape index (κ2) is 22.6. The van der Waals surface area contributed by atoms with Crippen LogP contribution in [0.2, 0.25) is 0 Å². The van der Waals surface area contributed by atoms with Crippen LogP contribution < -0.4 is 29.2 Å². The van der Waals surface area contributed by atoms with Gasteiger partial charge in [-0.05, 0) is 147 Å². The monoisotopic (exact) mass is 1200 g/mol. The summed E-state index contributed by atoms with van der Waals surface area (Å²) in [4.78, 5) is 77.7. The van der Waals surface area contributed by atoms with Crippen LogP contribution in [-0.4, -0.2) is 47.5 Å². The first kappa shape index (κ1) is 56.6. The van der Waals surface area contributed by atoms with Crippen LogP contribution >= 0.6 is 0 Å². The van der Waals surface area contributed by atoms with E-state index in [4.69, 9.17) is 18.9 Å². The van der Waals surface area contributed by atoms with Crippen LogP contribution in [-0.2, 0) is 4.79 Å². The molecule has 91 heavy (non-hydrogen) atoms. The molecule has 13 aromatic carbocycles. The highest BCUT2D eigenvalue weighted by atomic mass is 16.5. The molecule has 0 saturated heterocycles. The largest absolute Gasteiger partial charge is 0.457 e. The van der Waals surface area contributed by atoms with Gasteiger partial charge in [0.15, 0.2) is 0 Å². The lowest BCUT2D eigenvalue weighted by Crippen LogP contribution is -2.42. The van der Waals surface area contributed by atoms with E-state index in [0.717, 1.165) is 49.9 Å². The van der Waals surface area contributed by atoms with Crippen molar-refractivity contribution in [3.05, 3.63) is 221 Å². The highest BCUT2D eigenvalue weighted by Gasteiger charge is 2.42. The molecule has 13 aromatic rings. The number of amides is 5. The summed E-state index contributed by atoms with van der Waals surface area (Å²) in [6.45, 7) is 11.1. The predicted octanol–water partition coefficient (Wildman–Crippen LogP) is 19.5. The number of anilines is 1. The second-order valence-electron chi connectivity index (χ2n) is 24.4. The SMILES string of the molecule is CCCNC(=O)CCCCCN1C(=O)c2cc(Oc3ccccc3)c3c4ccc5c6c(Oc7ccccc7)cc7c8c(cc(Oc9ccccc9)c(c9ccc(c%10c(Oc%11ccccc%11)cc(c2c3%10)C1=O)c4c59)c86)C(=O)N(c1c(C(C)C)cccc1C(C)C)C7=O. The van der Waals surface area contributed by atoms with Crippen molar-refractivity contribution in [3.8, 4) is 46.0 Å². The number of fused-ring (bicyclic) bond motifs is 4. The number of carbonyl (C=O) groups excluding carboxylic acids is 5. The Morgan fingerprint density at radius 3 is 1.09 bits per heavy atom. The molecule has 0 radical (unpaired) electrons. The molecule has 0 unspecified atom stereocenters. The van der Waals surface area contributed by atoms with Crippen molar-refractivity contribution < 1.29 is 42.9 Å². The number of nitrogens with one attached hydrogen (secondary N) is 1. The van der Waals surface area contributed by atoms with Gasteiger partial charge in [0.2, 0.25) is 5.91 Å². The molecule has 0 spiro atoms. The Morgan fingerprint density at radius 2 is 0.747 bits per heavy atom. The first-order valence-electron chi connectivity index (χ1n) is 31.4. The van der Waals surface area contributed by atoms with Gasteiger partial charge in [-0.3, -0.25) is 28.9 Å².